The van der Waals surface area contributed by atoms with Crippen LogP contribution in [0.3, 0.4) is 0 Å². The van der Waals surface area contributed by atoms with Gasteiger partial charge in [-0.25, -0.2) is 9.59 Å². The maximum atomic E-state index is 10.6. The van der Waals surface area contributed by atoms with E-state index in [0.29, 0.717) is 26.4 Å². The van der Waals surface area contributed by atoms with Crippen molar-refractivity contribution in [2.24, 2.45) is 0 Å². The van der Waals surface area contributed by atoms with Crippen LogP contribution in [0.1, 0.15) is 0 Å². The lowest BCUT2D eigenvalue weighted by Gasteiger charge is -2.05. The second-order valence-corrected chi connectivity index (χ2v) is 2.87. The van der Waals surface area contributed by atoms with Gasteiger partial charge in [-0.3, -0.25) is 0 Å². The molecule has 100 valence electrons. The summed E-state index contributed by atoms with van der Waals surface area (Å²) in [5, 5.41) is 0. The normalized spacial score (nSPS) is 10.0. The third-order valence-electron chi connectivity index (χ3n) is 1.64. The van der Waals surface area contributed by atoms with Crippen LogP contribution in [0.4, 0.5) is 0 Å². The van der Waals surface area contributed by atoms with Crippen LogP contribution in [-0.4, -0.2) is 65.8 Å². The van der Waals surface area contributed by atoms with Gasteiger partial charge >= 0.3 is 11.9 Å². The number of ether oxygens (including phenoxy) is 5. The molecule has 0 N–H and O–H groups in total. The number of methoxy groups -OCH3 is 2. The van der Waals surface area contributed by atoms with Gasteiger partial charge in [-0.05, 0) is 0 Å². The number of esters is 2. The Morgan fingerprint density at radius 1 is 0.706 bits per heavy atom. The van der Waals surface area contributed by atoms with Crippen molar-refractivity contribution in [2.45, 2.75) is 0 Å². The lowest BCUT2D eigenvalue weighted by molar-refractivity contribution is -0.146. The van der Waals surface area contributed by atoms with Crippen molar-refractivity contribution in [1.29, 1.82) is 0 Å². The first-order chi connectivity index (χ1) is 8.20. The smallest absolute Gasteiger partial charge is 0.331 e. The molecule has 0 fully saturated rings. The Kier molecular flexibility index (Phi) is 10.5. The summed E-state index contributed by atoms with van der Waals surface area (Å²) >= 11 is 0. The first kappa shape index (κ1) is 15.8. The molecule has 0 aliphatic carbocycles. The molecule has 7 nitrogen and oxygen atoms in total. The zero-order chi connectivity index (χ0) is 12.9. The van der Waals surface area contributed by atoms with Crippen LogP contribution in [0.5, 0.6) is 0 Å². The molecule has 0 aliphatic heterocycles. The molecule has 17 heavy (non-hydrogen) atoms. The molecule has 0 rings (SSSR count). The fraction of sp³-hybridized carbons (Fsp3) is 0.800. The van der Waals surface area contributed by atoms with Gasteiger partial charge in [0.05, 0.1) is 40.6 Å². The maximum Gasteiger partial charge on any atom is 0.331 e. The largest absolute Gasteiger partial charge is 0.467 e. The lowest BCUT2D eigenvalue weighted by Crippen LogP contribution is -2.16. The quantitative estimate of drug-likeness (QED) is 0.377. The van der Waals surface area contributed by atoms with Gasteiger partial charge in [0, 0.05) is 0 Å². The maximum absolute atomic E-state index is 10.6. The minimum absolute atomic E-state index is 0.0846. The van der Waals surface area contributed by atoms with Crippen LogP contribution in [0.2, 0.25) is 0 Å². The molecule has 0 bridgehead atoms. The SMILES string of the molecule is COC(=O)COCCOCCOCC(=O)OC. The van der Waals surface area contributed by atoms with Crippen molar-refractivity contribution in [2.75, 3.05) is 53.9 Å². The van der Waals surface area contributed by atoms with Gasteiger partial charge in [-0.15, -0.1) is 0 Å². The summed E-state index contributed by atoms with van der Waals surface area (Å²) in [7, 11) is 2.58. The number of hydrogen-bond donors (Lipinski definition) is 0. The molecule has 0 heterocycles. The van der Waals surface area contributed by atoms with Crippen molar-refractivity contribution >= 4 is 11.9 Å². The minimum atomic E-state index is -0.425. The molecule has 0 atom stereocenters. The summed E-state index contributed by atoms with van der Waals surface area (Å²) in [6.07, 6.45) is 0. The summed E-state index contributed by atoms with van der Waals surface area (Å²) in [5.74, 6) is -0.849. The van der Waals surface area contributed by atoms with E-state index in [9.17, 15) is 9.59 Å². The number of hydrogen-bond acceptors (Lipinski definition) is 7. The third kappa shape index (κ3) is 11.1. The molecule has 0 aromatic carbocycles. The molecule has 7 heteroatoms. The Bertz CT molecular complexity index is 195. The minimum Gasteiger partial charge on any atom is -0.467 e. The van der Waals surface area contributed by atoms with Crippen molar-refractivity contribution in [3.63, 3.8) is 0 Å². The van der Waals surface area contributed by atoms with Crippen LogP contribution < -0.4 is 0 Å². The molecule has 0 amide bonds. The van der Waals surface area contributed by atoms with Gasteiger partial charge in [-0.2, -0.15) is 0 Å². The van der Waals surface area contributed by atoms with Crippen LogP contribution in [0.15, 0.2) is 0 Å². The van der Waals surface area contributed by atoms with Crippen molar-refractivity contribution in [1.82, 2.24) is 0 Å². The second kappa shape index (κ2) is 11.3. The standard InChI is InChI=1S/C10H18O7/c1-13-9(11)7-16-5-3-15-4-6-17-8-10(12)14-2/h3-8H2,1-2H3. The predicted molar refractivity (Wildman–Crippen MR) is 56.5 cm³/mol. The lowest BCUT2D eigenvalue weighted by atomic mass is 10.7. The molecule has 0 unspecified atom stereocenters. The van der Waals surface area contributed by atoms with E-state index in [-0.39, 0.29) is 13.2 Å². The monoisotopic (exact) mass is 250 g/mol. The Morgan fingerprint density at radius 3 is 1.41 bits per heavy atom. The van der Waals surface area contributed by atoms with E-state index in [2.05, 4.69) is 9.47 Å². The highest BCUT2D eigenvalue weighted by molar-refractivity contribution is 5.70. The molecule has 0 aromatic heterocycles. The van der Waals surface area contributed by atoms with Crippen molar-refractivity contribution in [3.05, 3.63) is 0 Å². The van der Waals surface area contributed by atoms with Gasteiger partial charge in [0.15, 0.2) is 0 Å². The topological polar surface area (TPSA) is 80.3 Å². The molecule has 0 radical (unpaired) electrons. The fourth-order valence-electron chi connectivity index (χ4n) is 0.767. The first-order valence-corrected chi connectivity index (χ1v) is 5.07. The van der Waals surface area contributed by atoms with Crippen LogP contribution in [0.25, 0.3) is 0 Å². The van der Waals surface area contributed by atoms with Gasteiger partial charge in [0.1, 0.15) is 13.2 Å². The van der Waals surface area contributed by atoms with E-state index in [1.165, 1.54) is 14.2 Å². The van der Waals surface area contributed by atoms with Crippen molar-refractivity contribution < 1.29 is 33.3 Å². The Balaban J connectivity index is 3.08. The Hall–Kier alpha value is -1.18. The number of carbonyl (C=O) groups excluding carboxylic acids is 2. The summed E-state index contributed by atoms with van der Waals surface area (Å²) in [5.41, 5.74) is 0. The highest BCUT2D eigenvalue weighted by Crippen LogP contribution is 1.83. The van der Waals surface area contributed by atoms with Gasteiger partial charge < -0.3 is 23.7 Å². The Morgan fingerprint density at radius 2 is 1.06 bits per heavy atom. The molecular weight excluding hydrogens is 232 g/mol. The third-order valence-corrected chi connectivity index (χ3v) is 1.64. The number of rotatable bonds is 10. The summed E-state index contributed by atoms with van der Waals surface area (Å²) in [6, 6.07) is 0. The summed E-state index contributed by atoms with van der Waals surface area (Å²) < 4.78 is 23.7. The fourth-order valence-corrected chi connectivity index (χ4v) is 0.767. The van der Waals surface area contributed by atoms with E-state index in [0.717, 1.165) is 0 Å². The van der Waals surface area contributed by atoms with E-state index >= 15 is 0 Å². The zero-order valence-electron chi connectivity index (χ0n) is 10.1. The van der Waals surface area contributed by atoms with Crippen LogP contribution in [0, 0.1) is 0 Å². The number of carbonyl (C=O) groups is 2. The second-order valence-electron chi connectivity index (χ2n) is 2.87. The average Bonchev–Trinajstić information content (AvgIpc) is 2.35. The summed E-state index contributed by atoms with van der Waals surface area (Å²) in [4.78, 5) is 21.3. The van der Waals surface area contributed by atoms with E-state index < -0.39 is 11.9 Å². The van der Waals surface area contributed by atoms with E-state index in [1.54, 1.807) is 0 Å². The average molecular weight is 250 g/mol. The van der Waals surface area contributed by atoms with Gasteiger partial charge in [-0.1, -0.05) is 0 Å². The molecule has 0 aliphatic rings. The zero-order valence-corrected chi connectivity index (χ0v) is 10.1. The van der Waals surface area contributed by atoms with Crippen LogP contribution in [-0.2, 0) is 33.3 Å². The molecule has 0 saturated heterocycles. The first-order valence-electron chi connectivity index (χ1n) is 5.07. The molecule has 0 aromatic rings. The van der Waals surface area contributed by atoms with Gasteiger partial charge in [0.25, 0.3) is 0 Å². The summed E-state index contributed by atoms with van der Waals surface area (Å²) in [6.45, 7) is 1.12. The molecule has 0 saturated carbocycles. The molecular formula is C10H18O7. The molecule has 0 spiro atoms. The van der Waals surface area contributed by atoms with Gasteiger partial charge in [0.2, 0.25) is 0 Å². The van der Waals surface area contributed by atoms with Crippen LogP contribution >= 0.6 is 0 Å². The van der Waals surface area contributed by atoms with Crippen molar-refractivity contribution in [3.8, 4) is 0 Å². The Labute approximate surface area is 99.9 Å². The van der Waals surface area contributed by atoms with E-state index in [4.69, 9.17) is 14.2 Å². The highest BCUT2D eigenvalue weighted by atomic mass is 16.6. The highest BCUT2D eigenvalue weighted by Gasteiger charge is 2.00. The predicted octanol–water partition coefficient (Wildman–Crippen LogP) is -0.618. The van der Waals surface area contributed by atoms with E-state index in [1.807, 2.05) is 0 Å².